The minimum Gasteiger partial charge on any atom is -0.378 e. The Morgan fingerprint density at radius 3 is 2.58 bits per heavy atom. The summed E-state index contributed by atoms with van der Waals surface area (Å²) in [4.78, 5) is 26.5. The Kier molecular flexibility index (Phi) is 10.9. The standard InChI is InChI=1S/C27H42N8O3/c1-2-3-10-30-25-33-26(35-27(34-25)32-23-17-19-7-8-20(23)16-19)31-22-6-4-5-21(18-22)24(36)29-11-13-38-15-14-37-12-9-28/h4-6,18-20,23H,2-3,7-17,28H2,1H3,(H,29,36)(H3,30,31,32,33,34,35). The van der Waals surface area contributed by atoms with Crippen LogP contribution in [0.3, 0.4) is 0 Å². The molecule has 0 radical (unpaired) electrons. The SMILES string of the molecule is CCCCNc1nc(Nc2cccc(C(=O)NCCOCCOCCN)c2)nc(NC2CC3CCC2C3)n1. The summed E-state index contributed by atoms with van der Waals surface area (Å²) in [5, 5.41) is 13.0. The number of carbonyl (C=O) groups excluding carboxylic acids is 1. The largest absolute Gasteiger partial charge is 0.378 e. The Hall–Kier alpha value is -3.02. The highest BCUT2D eigenvalue weighted by Crippen LogP contribution is 2.45. The van der Waals surface area contributed by atoms with Gasteiger partial charge in [-0.2, -0.15) is 15.0 Å². The van der Waals surface area contributed by atoms with Gasteiger partial charge in [-0.05, 0) is 55.7 Å². The van der Waals surface area contributed by atoms with E-state index in [1.807, 2.05) is 12.1 Å². The molecule has 2 saturated carbocycles. The van der Waals surface area contributed by atoms with Crippen LogP contribution in [0.4, 0.5) is 23.5 Å². The molecule has 0 aliphatic heterocycles. The third-order valence-corrected chi connectivity index (χ3v) is 7.05. The van der Waals surface area contributed by atoms with Gasteiger partial charge >= 0.3 is 0 Å². The number of nitrogens with zero attached hydrogens (tertiary/aromatic N) is 3. The van der Waals surface area contributed by atoms with Crippen molar-refractivity contribution in [2.24, 2.45) is 17.6 Å². The van der Waals surface area contributed by atoms with Gasteiger partial charge in [0.15, 0.2) is 0 Å². The summed E-state index contributed by atoms with van der Waals surface area (Å²) in [6.45, 7) is 5.74. The average molecular weight is 527 g/mol. The monoisotopic (exact) mass is 526 g/mol. The van der Waals surface area contributed by atoms with Crippen LogP contribution in [0.25, 0.3) is 0 Å². The lowest BCUT2D eigenvalue weighted by molar-refractivity contribution is 0.0511. The Morgan fingerprint density at radius 2 is 1.82 bits per heavy atom. The van der Waals surface area contributed by atoms with E-state index in [-0.39, 0.29) is 5.91 Å². The number of benzene rings is 1. The van der Waals surface area contributed by atoms with Crippen molar-refractivity contribution >= 4 is 29.4 Å². The molecule has 11 nitrogen and oxygen atoms in total. The van der Waals surface area contributed by atoms with Gasteiger partial charge in [0, 0.05) is 36.9 Å². The number of aromatic nitrogens is 3. The van der Waals surface area contributed by atoms with E-state index < -0.39 is 0 Å². The quantitative estimate of drug-likeness (QED) is 0.195. The molecule has 0 saturated heterocycles. The van der Waals surface area contributed by atoms with Crippen LogP contribution in [-0.4, -0.2) is 73.0 Å². The fourth-order valence-electron chi connectivity index (χ4n) is 5.15. The number of carbonyl (C=O) groups is 1. The van der Waals surface area contributed by atoms with Crippen LogP contribution < -0.4 is 27.0 Å². The van der Waals surface area contributed by atoms with E-state index in [0.717, 1.165) is 31.0 Å². The molecule has 4 rings (SSSR count). The summed E-state index contributed by atoms with van der Waals surface area (Å²) >= 11 is 0. The highest BCUT2D eigenvalue weighted by atomic mass is 16.5. The molecule has 2 aliphatic rings. The van der Waals surface area contributed by atoms with Crippen LogP contribution >= 0.6 is 0 Å². The lowest BCUT2D eigenvalue weighted by Crippen LogP contribution is -2.27. The number of nitrogens with two attached hydrogens (primary N) is 1. The maximum Gasteiger partial charge on any atom is 0.251 e. The number of fused-ring (bicyclic) bond motifs is 2. The molecule has 1 amide bonds. The molecular weight excluding hydrogens is 484 g/mol. The molecular formula is C27H42N8O3. The van der Waals surface area contributed by atoms with Crippen LogP contribution in [0, 0.1) is 11.8 Å². The number of hydrogen-bond donors (Lipinski definition) is 5. The molecule has 1 aromatic carbocycles. The summed E-state index contributed by atoms with van der Waals surface area (Å²) in [5.74, 6) is 2.93. The topological polar surface area (TPSA) is 148 Å². The van der Waals surface area contributed by atoms with Gasteiger partial charge in [0.25, 0.3) is 5.91 Å². The first kappa shape index (κ1) is 28.0. The summed E-state index contributed by atoms with van der Waals surface area (Å²) in [7, 11) is 0. The van der Waals surface area contributed by atoms with Crippen molar-refractivity contribution in [3.05, 3.63) is 29.8 Å². The van der Waals surface area contributed by atoms with E-state index in [9.17, 15) is 4.79 Å². The molecule has 3 atom stereocenters. The third kappa shape index (κ3) is 8.50. The van der Waals surface area contributed by atoms with Crippen LogP contribution in [0.2, 0.25) is 0 Å². The van der Waals surface area contributed by atoms with E-state index in [1.54, 1.807) is 12.1 Å². The van der Waals surface area contributed by atoms with Crippen LogP contribution in [-0.2, 0) is 9.47 Å². The van der Waals surface area contributed by atoms with Crippen molar-refractivity contribution < 1.29 is 14.3 Å². The zero-order valence-electron chi connectivity index (χ0n) is 22.4. The highest BCUT2D eigenvalue weighted by Gasteiger charge is 2.39. The zero-order chi connectivity index (χ0) is 26.6. The van der Waals surface area contributed by atoms with Crippen molar-refractivity contribution in [3.63, 3.8) is 0 Å². The fraction of sp³-hybridized carbons (Fsp3) is 0.630. The van der Waals surface area contributed by atoms with Crippen LogP contribution in [0.1, 0.15) is 55.8 Å². The number of rotatable bonds is 17. The normalized spacial score (nSPS) is 19.9. The molecule has 2 aromatic rings. The molecule has 6 N–H and O–H groups in total. The van der Waals surface area contributed by atoms with E-state index in [1.165, 1.54) is 25.7 Å². The number of amides is 1. The fourth-order valence-corrected chi connectivity index (χ4v) is 5.15. The van der Waals surface area contributed by atoms with E-state index in [0.29, 0.717) is 74.9 Å². The molecule has 38 heavy (non-hydrogen) atoms. The number of unbranched alkanes of at least 4 members (excludes halogenated alkanes) is 1. The van der Waals surface area contributed by atoms with Gasteiger partial charge in [0.05, 0.1) is 26.4 Å². The van der Waals surface area contributed by atoms with Crippen molar-refractivity contribution in [3.8, 4) is 0 Å². The first-order chi connectivity index (χ1) is 18.6. The van der Waals surface area contributed by atoms with Crippen LogP contribution in [0.15, 0.2) is 24.3 Å². The molecule has 2 fully saturated rings. The predicted octanol–water partition coefficient (Wildman–Crippen LogP) is 3.15. The minimum absolute atomic E-state index is 0.173. The first-order valence-corrected chi connectivity index (χ1v) is 13.9. The summed E-state index contributed by atoms with van der Waals surface area (Å²) in [6.07, 6.45) is 7.24. The van der Waals surface area contributed by atoms with Crippen molar-refractivity contribution in [2.75, 3.05) is 62.0 Å². The second kappa shape index (κ2) is 14.8. The van der Waals surface area contributed by atoms with Gasteiger partial charge in [0.1, 0.15) is 0 Å². The molecule has 1 heterocycles. The Morgan fingerprint density at radius 1 is 1.00 bits per heavy atom. The third-order valence-electron chi connectivity index (χ3n) is 7.05. The summed E-state index contributed by atoms with van der Waals surface area (Å²) in [5.41, 5.74) is 6.64. The van der Waals surface area contributed by atoms with Crippen molar-refractivity contribution in [2.45, 2.75) is 51.5 Å². The molecule has 1 aromatic heterocycles. The summed E-state index contributed by atoms with van der Waals surface area (Å²) < 4.78 is 10.7. The first-order valence-electron chi connectivity index (χ1n) is 13.9. The van der Waals surface area contributed by atoms with Gasteiger partial charge in [-0.25, -0.2) is 0 Å². The zero-order valence-corrected chi connectivity index (χ0v) is 22.4. The van der Waals surface area contributed by atoms with Gasteiger partial charge in [-0.1, -0.05) is 25.8 Å². The second-order valence-electron chi connectivity index (χ2n) is 9.99. The summed E-state index contributed by atoms with van der Waals surface area (Å²) in [6, 6.07) is 7.70. The maximum absolute atomic E-state index is 12.6. The van der Waals surface area contributed by atoms with E-state index >= 15 is 0 Å². The molecule has 208 valence electrons. The Balaban J connectivity index is 1.34. The molecule has 3 unspecified atom stereocenters. The molecule has 2 aliphatic carbocycles. The predicted molar refractivity (Wildman–Crippen MR) is 149 cm³/mol. The Labute approximate surface area is 225 Å². The van der Waals surface area contributed by atoms with Gasteiger partial charge in [0.2, 0.25) is 17.8 Å². The van der Waals surface area contributed by atoms with Gasteiger partial charge < -0.3 is 36.5 Å². The van der Waals surface area contributed by atoms with E-state index in [4.69, 9.17) is 15.2 Å². The number of ether oxygens (including phenoxy) is 2. The minimum atomic E-state index is -0.173. The molecule has 0 spiro atoms. The number of nitrogens with one attached hydrogen (secondary N) is 4. The number of hydrogen-bond acceptors (Lipinski definition) is 10. The average Bonchev–Trinajstić information content (AvgIpc) is 3.54. The van der Waals surface area contributed by atoms with Crippen molar-refractivity contribution in [1.82, 2.24) is 20.3 Å². The maximum atomic E-state index is 12.6. The lowest BCUT2D eigenvalue weighted by atomic mass is 9.95. The Bertz CT molecular complexity index is 1020. The van der Waals surface area contributed by atoms with Crippen molar-refractivity contribution in [1.29, 1.82) is 0 Å². The number of anilines is 4. The second-order valence-corrected chi connectivity index (χ2v) is 9.99. The van der Waals surface area contributed by atoms with Crippen LogP contribution in [0.5, 0.6) is 0 Å². The van der Waals surface area contributed by atoms with E-state index in [2.05, 4.69) is 43.1 Å². The molecule has 2 bridgehead atoms. The molecule has 11 heteroatoms. The highest BCUT2D eigenvalue weighted by molar-refractivity contribution is 5.95. The lowest BCUT2D eigenvalue weighted by Gasteiger charge is -2.23. The van der Waals surface area contributed by atoms with Gasteiger partial charge in [-0.3, -0.25) is 4.79 Å². The smallest absolute Gasteiger partial charge is 0.251 e. The van der Waals surface area contributed by atoms with Gasteiger partial charge in [-0.15, -0.1) is 0 Å².